The third-order valence-electron chi connectivity index (χ3n) is 2.49. The molecule has 1 amide bonds. The summed E-state index contributed by atoms with van der Waals surface area (Å²) >= 11 is 0. The smallest absolute Gasteiger partial charge is 0.222 e. The molecule has 96 valence electrons. The van der Waals surface area contributed by atoms with Gasteiger partial charge in [0.05, 0.1) is 18.7 Å². The van der Waals surface area contributed by atoms with E-state index in [2.05, 4.69) is 15.5 Å². The zero-order valence-electron chi connectivity index (χ0n) is 10.3. The van der Waals surface area contributed by atoms with Gasteiger partial charge < -0.3 is 15.8 Å². The Morgan fingerprint density at radius 1 is 1.71 bits per heavy atom. The van der Waals surface area contributed by atoms with Crippen LogP contribution in [0.25, 0.3) is 0 Å². The van der Waals surface area contributed by atoms with Crippen molar-refractivity contribution in [3.05, 3.63) is 17.5 Å². The molecule has 1 aromatic heterocycles. The topological polar surface area (TPSA) is 93.0 Å². The molecule has 0 aliphatic carbocycles. The Bertz CT molecular complexity index is 351. The number of nitrogens with zero attached hydrogens (tertiary/aromatic N) is 1. The molecule has 6 nitrogen and oxygen atoms in total. The molecule has 1 aromatic rings. The lowest BCUT2D eigenvalue weighted by molar-refractivity contribution is -0.123. The van der Waals surface area contributed by atoms with Gasteiger partial charge in [0.2, 0.25) is 5.91 Å². The lowest BCUT2D eigenvalue weighted by Crippen LogP contribution is -2.32. The number of nitrogens with two attached hydrogens (primary N) is 1. The van der Waals surface area contributed by atoms with E-state index in [9.17, 15) is 4.79 Å². The second-order valence-corrected chi connectivity index (χ2v) is 3.81. The van der Waals surface area contributed by atoms with Crippen LogP contribution in [0.5, 0.6) is 0 Å². The van der Waals surface area contributed by atoms with E-state index < -0.39 is 0 Å². The third kappa shape index (κ3) is 4.54. The van der Waals surface area contributed by atoms with Crippen molar-refractivity contribution in [3.63, 3.8) is 0 Å². The standard InChI is InChI=1S/C11H20N4O2/c1-3-17-10(5-12)4-11(16)13-6-9-7-14-15-8(9)2/h7,10H,3-6,12H2,1-2H3,(H,13,16)(H,14,15). The number of H-pyrrole nitrogens is 1. The Labute approximate surface area is 101 Å². The molecule has 6 heteroatoms. The van der Waals surface area contributed by atoms with Crippen LogP contribution in [0.4, 0.5) is 0 Å². The molecule has 0 fully saturated rings. The zero-order chi connectivity index (χ0) is 12.7. The highest BCUT2D eigenvalue weighted by Crippen LogP contribution is 2.02. The van der Waals surface area contributed by atoms with Gasteiger partial charge in [0, 0.05) is 31.0 Å². The molecule has 1 heterocycles. The molecule has 4 N–H and O–H groups in total. The minimum Gasteiger partial charge on any atom is -0.377 e. The summed E-state index contributed by atoms with van der Waals surface area (Å²) in [4.78, 5) is 11.6. The fourth-order valence-electron chi connectivity index (χ4n) is 1.47. The van der Waals surface area contributed by atoms with Crippen LogP contribution >= 0.6 is 0 Å². The molecule has 0 aliphatic rings. The summed E-state index contributed by atoms with van der Waals surface area (Å²) in [6.45, 7) is 5.19. The van der Waals surface area contributed by atoms with Crippen molar-refractivity contribution in [2.45, 2.75) is 32.9 Å². The van der Waals surface area contributed by atoms with Crippen molar-refractivity contribution in [2.24, 2.45) is 5.73 Å². The minimum atomic E-state index is -0.203. The Morgan fingerprint density at radius 3 is 3.00 bits per heavy atom. The van der Waals surface area contributed by atoms with Gasteiger partial charge in [0.25, 0.3) is 0 Å². The van der Waals surface area contributed by atoms with Crippen molar-refractivity contribution in [1.29, 1.82) is 0 Å². The van der Waals surface area contributed by atoms with Gasteiger partial charge in [-0.1, -0.05) is 0 Å². The summed E-state index contributed by atoms with van der Waals surface area (Å²) < 4.78 is 5.32. The van der Waals surface area contributed by atoms with Gasteiger partial charge in [-0.15, -0.1) is 0 Å². The second-order valence-electron chi connectivity index (χ2n) is 3.81. The van der Waals surface area contributed by atoms with Gasteiger partial charge in [0.1, 0.15) is 0 Å². The maximum Gasteiger partial charge on any atom is 0.222 e. The van der Waals surface area contributed by atoms with Crippen molar-refractivity contribution >= 4 is 5.91 Å². The number of carbonyl (C=O) groups excluding carboxylic acids is 1. The van der Waals surface area contributed by atoms with Crippen molar-refractivity contribution in [1.82, 2.24) is 15.5 Å². The first-order valence-electron chi connectivity index (χ1n) is 5.74. The van der Waals surface area contributed by atoms with E-state index in [1.165, 1.54) is 0 Å². The zero-order valence-corrected chi connectivity index (χ0v) is 10.3. The summed E-state index contributed by atoms with van der Waals surface area (Å²) in [6.07, 6.45) is 1.80. The number of hydrogen-bond donors (Lipinski definition) is 3. The number of aryl methyl sites for hydroxylation is 1. The highest BCUT2D eigenvalue weighted by molar-refractivity contribution is 5.76. The van der Waals surface area contributed by atoms with E-state index in [1.54, 1.807) is 6.20 Å². The number of carbonyl (C=O) groups is 1. The summed E-state index contributed by atoms with van der Waals surface area (Å²) in [7, 11) is 0. The summed E-state index contributed by atoms with van der Waals surface area (Å²) in [5, 5.41) is 9.52. The largest absolute Gasteiger partial charge is 0.377 e. The molecular formula is C11H20N4O2. The average molecular weight is 240 g/mol. The second kappa shape index (κ2) is 7.03. The Kier molecular flexibility index (Phi) is 5.65. The van der Waals surface area contributed by atoms with Gasteiger partial charge in [-0.05, 0) is 13.8 Å². The Morgan fingerprint density at radius 2 is 2.47 bits per heavy atom. The molecule has 0 spiro atoms. The van der Waals surface area contributed by atoms with Crippen LogP contribution in [-0.2, 0) is 16.1 Å². The maximum atomic E-state index is 11.6. The third-order valence-corrected chi connectivity index (χ3v) is 2.49. The molecule has 17 heavy (non-hydrogen) atoms. The molecule has 0 radical (unpaired) electrons. The quantitative estimate of drug-likeness (QED) is 0.629. The van der Waals surface area contributed by atoms with Crippen molar-refractivity contribution in [3.8, 4) is 0 Å². The number of aromatic amines is 1. The van der Waals surface area contributed by atoms with E-state index in [-0.39, 0.29) is 12.0 Å². The molecule has 1 unspecified atom stereocenters. The van der Waals surface area contributed by atoms with Crippen LogP contribution < -0.4 is 11.1 Å². The molecule has 0 aromatic carbocycles. The summed E-state index contributed by atoms with van der Waals surface area (Å²) in [5.74, 6) is -0.0606. The molecule has 0 saturated heterocycles. The molecule has 1 atom stereocenters. The summed E-state index contributed by atoms with van der Waals surface area (Å²) in [6, 6.07) is 0. The van der Waals surface area contributed by atoms with Crippen LogP contribution in [0, 0.1) is 6.92 Å². The number of rotatable bonds is 7. The predicted octanol–water partition coefficient (Wildman–Crippen LogP) is 0.0882. The van der Waals surface area contributed by atoms with Crippen LogP contribution in [0.3, 0.4) is 0 Å². The van der Waals surface area contributed by atoms with Gasteiger partial charge in [0.15, 0.2) is 0 Å². The first-order valence-corrected chi connectivity index (χ1v) is 5.74. The first-order chi connectivity index (χ1) is 8.17. The summed E-state index contributed by atoms with van der Waals surface area (Å²) in [5.41, 5.74) is 7.45. The van der Waals surface area contributed by atoms with E-state index in [1.807, 2.05) is 13.8 Å². The molecule has 1 rings (SSSR count). The van der Waals surface area contributed by atoms with Gasteiger partial charge in [-0.25, -0.2) is 0 Å². The van der Waals surface area contributed by atoms with Crippen molar-refractivity contribution in [2.75, 3.05) is 13.2 Å². The van der Waals surface area contributed by atoms with E-state index in [4.69, 9.17) is 10.5 Å². The molecule has 0 aliphatic heterocycles. The number of hydrogen-bond acceptors (Lipinski definition) is 4. The number of ether oxygens (including phenoxy) is 1. The minimum absolute atomic E-state index is 0.0606. The normalized spacial score (nSPS) is 12.4. The lowest BCUT2D eigenvalue weighted by atomic mass is 10.2. The highest BCUT2D eigenvalue weighted by atomic mass is 16.5. The molecular weight excluding hydrogens is 220 g/mol. The van der Waals surface area contributed by atoms with Crippen molar-refractivity contribution < 1.29 is 9.53 Å². The van der Waals surface area contributed by atoms with Crippen LogP contribution in [0.15, 0.2) is 6.20 Å². The van der Waals surface area contributed by atoms with Crippen LogP contribution in [0.2, 0.25) is 0 Å². The lowest BCUT2D eigenvalue weighted by Gasteiger charge is -2.14. The van der Waals surface area contributed by atoms with E-state index >= 15 is 0 Å². The monoisotopic (exact) mass is 240 g/mol. The fourth-order valence-corrected chi connectivity index (χ4v) is 1.47. The number of nitrogens with one attached hydrogen (secondary N) is 2. The Balaban J connectivity index is 2.32. The maximum absolute atomic E-state index is 11.6. The average Bonchev–Trinajstić information content (AvgIpc) is 2.71. The van der Waals surface area contributed by atoms with Gasteiger partial charge in [-0.3, -0.25) is 9.89 Å². The predicted molar refractivity (Wildman–Crippen MR) is 64.3 cm³/mol. The van der Waals surface area contributed by atoms with Crippen LogP contribution in [0.1, 0.15) is 24.6 Å². The highest BCUT2D eigenvalue weighted by Gasteiger charge is 2.12. The van der Waals surface area contributed by atoms with Gasteiger partial charge in [-0.2, -0.15) is 5.10 Å². The fraction of sp³-hybridized carbons (Fsp3) is 0.636. The number of aromatic nitrogens is 2. The van der Waals surface area contributed by atoms with Gasteiger partial charge >= 0.3 is 0 Å². The Hall–Kier alpha value is -1.40. The molecule has 0 saturated carbocycles. The number of amides is 1. The molecule has 0 bridgehead atoms. The first kappa shape index (κ1) is 13.7. The SMILES string of the molecule is CCOC(CN)CC(=O)NCc1cn[nH]c1C. The van der Waals surface area contributed by atoms with Crippen LogP contribution in [-0.4, -0.2) is 35.4 Å². The van der Waals surface area contributed by atoms with E-state index in [0.29, 0.717) is 26.1 Å². The van der Waals surface area contributed by atoms with E-state index in [0.717, 1.165) is 11.3 Å².